The van der Waals surface area contributed by atoms with Crippen molar-refractivity contribution in [1.82, 2.24) is 15.1 Å². The molecule has 2 aliphatic rings. The van der Waals surface area contributed by atoms with Gasteiger partial charge in [-0.1, -0.05) is 0 Å². The molecule has 2 unspecified atom stereocenters. The molecule has 6 nitrogen and oxygen atoms in total. The molecule has 0 bridgehead atoms. The molecule has 0 saturated carbocycles. The van der Waals surface area contributed by atoms with Gasteiger partial charge in [0.05, 0.1) is 18.8 Å². The van der Waals surface area contributed by atoms with Crippen molar-refractivity contribution in [1.29, 1.82) is 0 Å². The minimum atomic E-state index is 0.198. The highest BCUT2D eigenvalue weighted by atomic mass is 16.5. The lowest BCUT2D eigenvalue weighted by molar-refractivity contribution is -0.0555. The van der Waals surface area contributed by atoms with Crippen molar-refractivity contribution < 1.29 is 9.47 Å². The number of nitrogens with zero attached hydrogens (tertiary/aromatic N) is 3. The molecule has 3 rings (SSSR count). The zero-order chi connectivity index (χ0) is 14.3. The first-order valence-corrected chi connectivity index (χ1v) is 7.87. The number of hydrogen-bond acceptors (Lipinski definition) is 6. The lowest BCUT2D eigenvalue weighted by Crippen LogP contribution is -2.48. The smallest absolute Gasteiger partial charge is 0.148 e. The number of anilines is 1. The summed E-state index contributed by atoms with van der Waals surface area (Å²) < 4.78 is 11.7. The summed E-state index contributed by atoms with van der Waals surface area (Å²) in [5.74, 6) is 0.800. The van der Waals surface area contributed by atoms with Gasteiger partial charge in [-0.25, -0.2) is 0 Å². The highest BCUT2D eigenvalue weighted by molar-refractivity contribution is 5.31. The Morgan fingerprint density at radius 3 is 3.00 bits per heavy atom. The van der Waals surface area contributed by atoms with Crippen LogP contribution in [0.1, 0.15) is 19.3 Å². The fourth-order valence-corrected chi connectivity index (χ4v) is 2.92. The van der Waals surface area contributed by atoms with Crippen LogP contribution < -0.4 is 5.32 Å². The third kappa shape index (κ3) is 4.62. The summed E-state index contributed by atoms with van der Waals surface area (Å²) in [7, 11) is 0. The van der Waals surface area contributed by atoms with Crippen molar-refractivity contribution in [3.05, 3.63) is 18.3 Å². The van der Waals surface area contributed by atoms with Crippen LogP contribution in [0.25, 0.3) is 0 Å². The number of nitrogens with one attached hydrogen (secondary N) is 1. The van der Waals surface area contributed by atoms with Gasteiger partial charge < -0.3 is 14.8 Å². The molecule has 0 aliphatic carbocycles. The fourth-order valence-electron chi connectivity index (χ4n) is 2.92. The normalized spacial score (nSPS) is 27.4. The van der Waals surface area contributed by atoms with Crippen molar-refractivity contribution in [3.63, 3.8) is 0 Å². The summed E-state index contributed by atoms with van der Waals surface area (Å²) in [5, 5.41) is 11.2. The topological polar surface area (TPSA) is 59.5 Å². The molecule has 2 saturated heterocycles. The molecule has 1 aromatic rings. The predicted octanol–water partition coefficient (Wildman–Crippen LogP) is 1.16. The Hall–Kier alpha value is -1.24. The third-order valence-corrected chi connectivity index (χ3v) is 4.04. The molecule has 0 spiro atoms. The van der Waals surface area contributed by atoms with E-state index in [9.17, 15) is 0 Å². The number of aromatic nitrogens is 2. The van der Waals surface area contributed by atoms with E-state index >= 15 is 0 Å². The molecule has 1 N–H and O–H groups in total. The fraction of sp³-hybridized carbons (Fsp3) is 0.733. The standard InChI is InChI=1S/C15H24N4O2/c1-2-8-20-13(4-1)11-19-7-9-21-14(12-19)10-16-15-5-3-6-17-18-15/h3,5-6,13-14H,1-2,4,7-12H2,(H,16,18). The van der Waals surface area contributed by atoms with Gasteiger partial charge in [-0.2, -0.15) is 5.10 Å². The Morgan fingerprint density at radius 2 is 2.19 bits per heavy atom. The van der Waals surface area contributed by atoms with E-state index in [4.69, 9.17) is 9.47 Å². The first-order valence-electron chi connectivity index (χ1n) is 7.87. The zero-order valence-electron chi connectivity index (χ0n) is 12.4. The molecule has 2 fully saturated rings. The maximum atomic E-state index is 5.83. The highest BCUT2D eigenvalue weighted by Crippen LogP contribution is 2.15. The number of morpholine rings is 1. The largest absolute Gasteiger partial charge is 0.377 e. The predicted molar refractivity (Wildman–Crippen MR) is 80.3 cm³/mol. The molecule has 1 aromatic heterocycles. The summed E-state index contributed by atoms with van der Waals surface area (Å²) >= 11 is 0. The van der Waals surface area contributed by atoms with E-state index in [1.54, 1.807) is 6.20 Å². The van der Waals surface area contributed by atoms with Crippen LogP contribution >= 0.6 is 0 Å². The van der Waals surface area contributed by atoms with Crippen LogP contribution in [-0.2, 0) is 9.47 Å². The van der Waals surface area contributed by atoms with Gasteiger partial charge in [0.25, 0.3) is 0 Å². The maximum absolute atomic E-state index is 5.83. The Bertz CT molecular complexity index is 411. The summed E-state index contributed by atoms with van der Waals surface area (Å²) in [5.41, 5.74) is 0. The van der Waals surface area contributed by atoms with Gasteiger partial charge >= 0.3 is 0 Å². The minimum absolute atomic E-state index is 0.198. The second-order valence-electron chi connectivity index (χ2n) is 5.73. The van der Waals surface area contributed by atoms with Gasteiger partial charge in [-0.15, -0.1) is 5.10 Å². The zero-order valence-corrected chi connectivity index (χ0v) is 12.4. The molecule has 0 aromatic carbocycles. The second-order valence-corrected chi connectivity index (χ2v) is 5.73. The number of ether oxygens (including phenoxy) is 2. The summed E-state index contributed by atoms with van der Waals surface area (Å²) in [6, 6.07) is 3.80. The van der Waals surface area contributed by atoms with Crippen molar-refractivity contribution in [3.8, 4) is 0 Å². The van der Waals surface area contributed by atoms with Crippen molar-refractivity contribution >= 4 is 5.82 Å². The van der Waals surface area contributed by atoms with Gasteiger partial charge in [-0.3, -0.25) is 4.90 Å². The molecule has 2 atom stereocenters. The summed E-state index contributed by atoms with van der Waals surface area (Å²) in [6.45, 7) is 5.46. The van der Waals surface area contributed by atoms with Crippen LogP contribution in [0, 0.1) is 0 Å². The monoisotopic (exact) mass is 292 g/mol. The van der Waals surface area contributed by atoms with E-state index in [1.165, 1.54) is 19.3 Å². The molecule has 2 aliphatic heterocycles. The molecule has 21 heavy (non-hydrogen) atoms. The van der Waals surface area contributed by atoms with E-state index < -0.39 is 0 Å². The lowest BCUT2D eigenvalue weighted by Gasteiger charge is -2.36. The summed E-state index contributed by atoms with van der Waals surface area (Å²) in [6.07, 6.45) is 5.99. The Balaban J connectivity index is 1.42. The van der Waals surface area contributed by atoms with Gasteiger partial charge in [0.15, 0.2) is 0 Å². The SMILES string of the molecule is c1cnnc(NCC2CN(CC3CCCCO3)CCO2)c1. The third-order valence-electron chi connectivity index (χ3n) is 4.04. The van der Waals surface area contributed by atoms with Crippen LogP contribution in [-0.4, -0.2) is 66.7 Å². The van der Waals surface area contributed by atoms with Crippen LogP contribution in [0.15, 0.2) is 18.3 Å². The number of rotatable bonds is 5. The maximum Gasteiger partial charge on any atom is 0.148 e. The van der Waals surface area contributed by atoms with Gasteiger partial charge in [0.2, 0.25) is 0 Å². The van der Waals surface area contributed by atoms with Crippen LogP contribution in [0.2, 0.25) is 0 Å². The first-order chi connectivity index (χ1) is 10.4. The Kier molecular flexibility index (Phi) is 5.37. The van der Waals surface area contributed by atoms with Gasteiger partial charge in [-0.05, 0) is 31.4 Å². The molecule has 0 radical (unpaired) electrons. The van der Waals surface area contributed by atoms with E-state index in [1.807, 2.05) is 12.1 Å². The first kappa shape index (κ1) is 14.7. The molecule has 6 heteroatoms. The molecule has 0 amide bonds. The van der Waals surface area contributed by atoms with Crippen LogP contribution in [0.4, 0.5) is 5.82 Å². The van der Waals surface area contributed by atoms with Crippen LogP contribution in [0.5, 0.6) is 0 Å². The average Bonchev–Trinajstić information content (AvgIpc) is 2.55. The van der Waals surface area contributed by atoms with Crippen molar-refractivity contribution in [2.75, 3.05) is 44.7 Å². The Labute approximate surface area is 125 Å². The minimum Gasteiger partial charge on any atom is -0.377 e. The molecular formula is C15H24N4O2. The Morgan fingerprint density at radius 1 is 1.24 bits per heavy atom. The van der Waals surface area contributed by atoms with E-state index in [0.717, 1.165) is 45.2 Å². The van der Waals surface area contributed by atoms with Crippen LogP contribution in [0.3, 0.4) is 0 Å². The second kappa shape index (κ2) is 7.68. The van der Waals surface area contributed by atoms with Gasteiger partial charge in [0, 0.05) is 39.0 Å². The van der Waals surface area contributed by atoms with E-state index in [2.05, 4.69) is 20.4 Å². The molecule has 116 valence electrons. The highest BCUT2D eigenvalue weighted by Gasteiger charge is 2.24. The van der Waals surface area contributed by atoms with E-state index in [-0.39, 0.29) is 6.10 Å². The summed E-state index contributed by atoms with van der Waals surface area (Å²) in [4.78, 5) is 2.46. The molecule has 3 heterocycles. The lowest BCUT2D eigenvalue weighted by atomic mass is 10.1. The van der Waals surface area contributed by atoms with Crippen molar-refractivity contribution in [2.24, 2.45) is 0 Å². The molecular weight excluding hydrogens is 268 g/mol. The number of hydrogen-bond donors (Lipinski definition) is 1. The van der Waals surface area contributed by atoms with Crippen molar-refractivity contribution in [2.45, 2.75) is 31.5 Å². The quantitative estimate of drug-likeness (QED) is 0.879. The van der Waals surface area contributed by atoms with E-state index in [0.29, 0.717) is 6.10 Å². The van der Waals surface area contributed by atoms with Gasteiger partial charge in [0.1, 0.15) is 5.82 Å². The average molecular weight is 292 g/mol.